The first-order valence-electron chi connectivity index (χ1n) is 10.6. The van der Waals surface area contributed by atoms with Crippen molar-refractivity contribution < 1.29 is 33.3 Å². The maximum Gasteiger partial charge on any atom is 0.303 e. The van der Waals surface area contributed by atoms with Crippen LogP contribution in [0, 0.1) is 0 Å². The van der Waals surface area contributed by atoms with Gasteiger partial charge in [0.15, 0.2) is 35.4 Å². The minimum absolute atomic E-state index is 0.209. The number of fused-ring (bicyclic) bond motifs is 1. The molecule has 1 fully saturated rings. The van der Waals surface area contributed by atoms with Crippen molar-refractivity contribution in [3.63, 3.8) is 0 Å². The summed E-state index contributed by atoms with van der Waals surface area (Å²) in [7, 11) is 0. The molecule has 3 aromatic rings. The van der Waals surface area contributed by atoms with Crippen molar-refractivity contribution in [3.8, 4) is 0 Å². The molecule has 1 aliphatic heterocycles. The van der Waals surface area contributed by atoms with Gasteiger partial charge in [0.1, 0.15) is 19.0 Å². The van der Waals surface area contributed by atoms with Gasteiger partial charge in [-0.25, -0.2) is 15.0 Å². The van der Waals surface area contributed by atoms with E-state index in [9.17, 15) is 14.4 Å². The number of imidazole rings is 1. The Morgan fingerprint density at radius 3 is 2.34 bits per heavy atom. The molecule has 3 heterocycles. The minimum atomic E-state index is -1.05. The summed E-state index contributed by atoms with van der Waals surface area (Å²) in [6.45, 7) is 3.49. The Kier molecular flexibility index (Phi) is 7.26. The lowest BCUT2D eigenvalue weighted by Crippen LogP contribution is -2.40. The van der Waals surface area contributed by atoms with E-state index in [1.165, 1.54) is 33.4 Å². The van der Waals surface area contributed by atoms with Crippen LogP contribution >= 0.6 is 15.9 Å². The second-order valence-electron chi connectivity index (χ2n) is 7.69. The fourth-order valence-corrected chi connectivity index (χ4v) is 3.98. The third-order valence-electron chi connectivity index (χ3n) is 5.08. The number of benzene rings is 1. The van der Waals surface area contributed by atoms with E-state index in [2.05, 4.69) is 36.2 Å². The SMILES string of the molecule is CC(=O)OC[C@@H]1OC(n2cnc3c(Nc4ccc(Br)cc4)ncnc32)[C@@H](OC(C)=O)[C@@H]1OC(C)=O. The molecule has 1 aliphatic rings. The van der Waals surface area contributed by atoms with Crippen LogP contribution in [0.1, 0.15) is 27.0 Å². The number of nitrogens with zero attached hydrogens (tertiary/aromatic N) is 4. The topological polar surface area (TPSA) is 144 Å². The number of aromatic nitrogens is 4. The van der Waals surface area contributed by atoms with Crippen molar-refractivity contribution in [2.75, 3.05) is 11.9 Å². The quantitative estimate of drug-likeness (QED) is 0.344. The summed E-state index contributed by atoms with van der Waals surface area (Å²) in [4.78, 5) is 48.1. The summed E-state index contributed by atoms with van der Waals surface area (Å²) < 4.78 is 24.5. The Bertz CT molecular complexity index is 1250. The van der Waals surface area contributed by atoms with Gasteiger partial charge in [-0.2, -0.15) is 0 Å². The van der Waals surface area contributed by atoms with E-state index in [4.69, 9.17) is 18.9 Å². The van der Waals surface area contributed by atoms with Crippen molar-refractivity contribution in [3.05, 3.63) is 41.4 Å². The first-order valence-corrected chi connectivity index (χ1v) is 11.4. The van der Waals surface area contributed by atoms with Crippen molar-refractivity contribution in [2.45, 2.75) is 45.3 Å². The van der Waals surface area contributed by atoms with Gasteiger partial charge >= 0.3 is 17.9 Å². The third kappa shape index (κ3) is 5.57. The summed E-state index contributed by atoms with van der Waals surface area (Å²) in [6.07, 6.45) is -1.11. The largest absolute Gasteiger partial charge is 0.463 e. The predicted octanol–water partition coefficient (Wildman–Crippen LogP) is 2.66. The Morgan fingerprint density at radius 1 is 1.00 bits per heavy atom. The number of carbonyl (C=O) groups excluding carboxylic acids is 3. The first-order chi connectivity index (χ1) is 16.7. The molecular formula is C22H22BrN5O7. The fraction of sp³-hybridized carbons (Fsp3) is 0.364. The van der Waals surface area contributed by atoms with Crippen LogP contribution in [-0.2, 0) is 33.3 Å². The average molecular weight is 548 g/mol. The number of hydrogen-bond donors (Lipinski definition) is 1. The second kappa shape index (κ2) is 10.4. The highest BCUT2D eigenvalue weighted by atomic mass is 79.9. The molecule has 4 rings (SSSR count). The van der Waals surface area contributed by atoms with Gasteiger partial charge < -0.3 is 24.3 Å². The van der Waals surface area contributed by atoms with E-state index in [-0.39, 0.29) is 6.61 Å². The van der Waals surface area contributed by atoms with Crippen LogP contribution in [0.25, 0.3) is 11.2 Å². The summed E-state index contributed by atoms with van der Waals surface area (Å²) in [6, 6.07) is 7.51. The molecule has 0 aliphatic carbocycles. The molecule has 184 valence electrons. The van der Waals surface area contributed by atoms with Crippen LogP contribution in [0.4, 0.5) is 11.5 Å². The predicted molar refractivity (Wildman–Crippen MR) is 124 cm³/mol. The highest BCUT2D eigenvalue weighted by Crippen LogP contribution is 2.36. The maximum atomic E-state index is 11.9. The van der Waals surface area contributed by atoms with Gasteiger partial charge in [0.2, 0.25) is 0 Å². The number of hydrogen-bond acceptors (Lipinski definition) is 11. The van der Waals surface area contributed by atoms with Crippen molar-refractivity contribution in [1.82, 2.24) is 19.5 Å². The number of rotatable bonds is 7. The highest BCUT2D eigenvalue weighted by Gasteiger charge is 2.51. The van der Waals surface area contributed by atoms with E-state index in [0.29, 0.717) is 17.0 Å². The molecule has 4 atom stereocenters. The molecule has 35 heavy (non-hydrogen) atoms. The fourth-order valence-electron chi connectivity index (χ4n) is 3.72. The Balaban J connectivity index is 1.70. The normalized spacial score (nSPS) is 21.5. The Morgan fingerprint density at radius 2 is 1.69 bits per heavy atom. The zero-order valence-corrected chi connectivity index (χ0v) is 20.6. The van der Waals surface area contributed by atoms with E-state index in [1.54, 1.807) is 4.57 Å². The van der Waals surface area contributed by atoms with Crippen LogP contribution in [0.15, 0.2) is 41.4 Å². The number of carbonyl (C=O) groups is 3. The average Bonchev–Trinajstić information content (AvgIpc) is 3.36. The standard InChI is InChI=1S/C22H22BrN5O7/c1-11(29)32-8-16-18(33-12(2)30)19(34-13(3)31)22(35-16)28-10-26-17-20(24-9-25-21(17)28)27-15-6-4-14(23)5-7-15/h4-7,9-10,16,18-19,22H,8H2,1-3H3,(H,24,25,27)/t16-,18+,19-,22?/m0/s1. The first kappa shape index (κ1) is 24.5. The van der Waals surface area contributed by atoms with Gasteiger partial charge in [-0.3, -0.25) is 19.0 Å². The van der Waals surface area contributed by atoms with Gasteiger partial charge in [0.25, 0.3) is 0 Å². The van der Waals surface area contributed by atoms with Gasteiger partial charge in [0, 0.05) is 30.9 Å². The second-order valence-corrected chi connectivity index (χ2v) is 8.61. The third-order valence-corrected chi connectivity index (χ3v) is 5.61. The van der Waals surface area contributed by atoms with Crippen LogP contribution in [0.5, 0.6) is 0 Å². The molecule has 0 spiro atoms. The van der Waals surface area contributed by atoms with Crippen molar-refractivity contribution >= 4 is 56.5 Å². The van der Waals surface area contributed by atoms with Crippen LogP contribution in [0.3, 0.4) is 0 Å². The molecule has 1 unspecified atom stereocenters. The smallest absolute Gasteiger partial charge is 0.303 e. The van der Waals surface area contributed by atoms with Gasteiger partial charge in [0.05, 0.1) is 6.33 Å². The maximum absolute atomic E-state index is 11.9. The number of ether oxygens (including phenoxy) is 4. The summed E-state index contributed by atoms with van der Waals surface area (Å²) >= 11 is 3.40. The molecule has 2 aromatic heterocycles. The van der Waals surface area contributed by atoms with Gasteiger partial charge in [-0.1, -0.05) is 15.9 Å². The molecule has 13 heteroatoms. The molecule has 0 bridgehead atoms. The van der Waals surface area contributed by atoms with Crippen LogP contribution < -0.4 is 5.32 Å². The van der Waals surface area contributed by atoms with Gasteiger partial charge in [-0.05, 0) is 24.3 Å². The summed E-state index contributed by atoms with van der Waals surface area (Å²) in [5, 5.41) is 3.20. The zero-order valence-electron chi connectivity index (χ0n) is 19.0. The summed E-state index contributed by atoms with van der Waals surface area (Å²) in [5.74, 6) is -1.30. The van der Waals surface area contributed by atoms with E-state index in [1.807, 2.05) is 24.3 Å². The molecule has 1 N–H and O–H groups in total. The lowest BCUT2D eigenvalue weighted by atomic mass is 10.1. The van der Waals surface area contributed by atoms with Gasteiger partial charge in [-0.15, -0.1) is 0 Å². The minimum Gasteiger partial charge on any atom is -0.463 e. The Hall–Kier alpha value is -3.58. The highest BCUT2D eigenvalue weighted by molar-refractivity contribution is 9.10. The molecule has 0 amide bonds. The zero-order chi connectivity index (χ0) is 25.1. The number of halogens is 1. The van der Waals surface area contributed by atoms with Crippen LogP contribution in [0.2, 0.25) is 0 Å². The van der Waals surface area contributed by atoms with Crippen LogP contribution in [-0.4, -0.2) is 62.3 Å². The Labute approximate surface area is 208 Å². The lowest BCUT2D eigenvalue weighted by Gasteiger charge is -2.23. The number of esters is 3. The number of nitrogens with one attached hydrogen (secondary N) is 1. The van der Waals surface area contributed by atoms with E-state index < -0.39 is 42.4 Å². The number of anilines is 2. The van der Waals surface area contributed by atoms with Crippen molar-refractivity contribution in [2.24, 2.45) is 0 Å². The molecule has 12 nitrogen and oxygen atoms in total. The molecule has 0 saturated carbocycles. The summed E-state index contributed by atoms with van der Waals surface area (Å²) in [5.41, 5.74) is 1.61. The van der Waals surface area contributed by atoms with E-state index in [0.717, 1.165) is 10.2 Å². The monoisotopic (exact) mass is 547 g/mol. The molecule has 0 radical (unpaired) electrons. The lowest BCUT2D eigenvalue weighted by molar-refractivity contribution is -0.166. The molecular weight excluding hydrogens is 526 g/mol. The molecule has 1 aromatic carbocycles. The van der Waals surface area contributed by atoms with E-state index >= 15 is 0 Å². The molecule has 1 saturated heterocycles. The van der Waals surface area contributed by atoms with Crippen molar-refractivity contribution in [1.29, 1.82) is 0 Å².